The number of hydrogen-bond acceptors (Lipinski definition) is 6. The average molecular weight is 486 g/mol. The van der Waals surface area contributed by atoms with Crippen molar-refractivity contribution in [2.24, 2.45) is 0 Å². The normalized spacial score (nSPS) is 10.7. The number of benzene rings is 3. The quantitative estimate of drug-likeness (QED) is 0.330. The highest BCUT2D eigenvalue weighted by molar-refractivity contribution is 6.09. The number of nitrogens with one attached hydrogen (secondary N) is 2. The Bertz CT molecular complexity index is 1340. The largest absolute Gasteiger partial charge is 0.495 e. The Labute approximate surface area is 210 Å². The second kappa shape index (κ2) is 12.1. The van der Waals surface area contributed by atoms with E-state index in [2.05, 4.69) is 10.6 Å². The lowest BCUT2D eigenvalue weighted by Crippen LogP contribution is -2.20. The van der Waals surface area contributed by atoms with E-state index in [4.69, 9.17) is 14.2 Å². The van der Waals surface area contributed by atoms with Gasteiger partial charge in [-0.3, -0.25) is 9.59 Å². The Morgan fingerprint density at radius 3 is 2.33 bits per heavy atom. The minimum atomic E-state index is -0.520. The maximum absolute atomic E-state index is 12.6. The van der Waals surface area contributed by atoms with Crippen molar-refractivity contribution < 1.29 is 23.8 Å². The molecule has 3 aromatic carbocycles. The summed E-state index contributed by atoms with van der Waals surface area (Å²) >= 11 is 0. The summed E-state index contributed by atoms with van der Waals surface area (Å²) in [5, 5.41) is 15.0. The van der Waals surface area contributed by atoms with Crippen LogP contribution in [0, 0.1) is 25.2 Å². The van der Waals surface area contributed by atoms with Crippen LogP contribution in [-0.4, -0.2) is 32.6 Å². The molecule has 3 rings (SSSR count). The SMILES string of the molecule is COc1ccccc1NC(=O)COc1ccc(/C=C(/C#N)C(=O)Nc2ccc(C)c(C)c2)cc1OC. The number of rotatable bonds is 9. The molecule has 0 bridgehead atoms. The van der Waals surface area contributed by atoms with Crippen molar-refractivity contribution in [3.05, 3.63) is 82.9 Å². The molecule has 184 valence electrons. The Kier molecular flexibility index (Phi) is 8.68. The Morgan fingerprint density at radius 1 is 0.889 bits per heavy atom. The highest BCUT2D eigenvalue weighted by atomic mass is 16.5. The minimum absolute atomic E-state index is 0.0693. The van der Waals surface area contributed by atoms with Crippen LogP contribution in [0.15, 0.2) is 66.2 Å². The number of carbonyl (C=O) groups is 2. The predicted octanol–water partition coefficient (Wildman–Crippen LogP) is 4.88. The van der Waals surface area contributed by atoms with Gasteiger partial charge in [0.25, 0.3) is 11.8 Å². The molecule has 0 aliphatic carbocycles. The average Bonchev–Trinajstić information content (AvgIpc) is 2.88. The topological polar surface area (TPSA) is 110 Å². The molecule has 2 N–H and O–H groups in total. The third kappa shape index (κ3) is 6.64. The van der Waals surface area contributed by atoms with E-state index in [1.807, 2.05) is 32.0 Å². The van der Waals surface area contributed by atoms with Crippen molar-refractivity contribution in [2.45, 2.75) is 13.8 Å². The van der Waals surface area contributed by atoms with Gasteiger partial charge in [-0.25, -0.2) is 0 Å². The lowest BCUT2D eigenvalue weighted by Gasteiger charge is -2.13. The molecule has 36 heavy (non-hydrogen) atoms. The Balaban J connectivity index is 1.69. The van der Waals surface area contributed by atoms with Crippen molar-refractivity contribution in [2.75, 3.05) is 31.5 Å². The summed E-state index contributed by atoms with van der Waals surface area (Å²) in [5.74, 6) is 0.325. The first-order valence-corrected chi connectivity index (χ1v) is 11.1. The first-order chi connectivity index (χ1) is 17.3. The summed E-state index contributed by atoms with van der Waals surface area (Å²) in [6.45, 7) is 3.67. The number of ether oxygens (including phenoxy) is 3. The smallest absolute Gasteiger partial charge is 0.266 e. The number of para-hydroxylation sites is 2. The van der Waals surface area contributed by atoms with Crippen LogP contribution in [0.4, 0.5) is 11.4 Å². The molecule has 2 amide bonds. The van der Waals surface area contributed by atoms with E-state index in [1.165, 1.54) is 20.3 Å². The summed E-state index contributed by atoms with van der Waals surface area (Å²) in [6.07, 6.45) is 1.46. The van der Waals surface area contributed by atoms with Gasteiger partial charge in [0.05, 0.1) is 19.9 Å². The molecule has 0 radical (unpaired) electrons. The number of amides is 2. The zero-order chi connectivity index (χ0) is 26.1. The van der Waals surface area contributed by atoms with Crippen LogP contribution in [-0.2, 0) is 9.59 Å². The molecule has 0 aliphatic rings. The Morgan fingerprint density at radius 2 is 1.64 bits per heavy atom. The molecule has 8 heteroatoms. The van der Waals surface area contributed by atoms with Crippen molar-refractivity contribution in [1.29, 1.82) is 5.26 Å². The molecule has 8 nitrogen and oxygen atoms in total. The maximum atomic E-state index is 12.6. The van der Waals surface area contributed by atoms with Crippen molar-refractivity contribution >= 4 is 29.3 Å². The fraction of sp³-hybridized carbons (Fsp3) is 0.179. The molecule has 0 saturated carbocycles. The molecule has 0 heterocycles. The summed E-state index contributed by atoms with van der Waals surface area (Å²) in [5.41, 5.74) is 3.77. The van der Waals surface area contributed by atoms with Gasteiger partial charge in [-0.05, 0) is 73.0 Å². The summed E-state index contributed by atoms with van der Waals surface area (Å²) < 4.78 is 16.2. The number of methoxy groups -OCH3 is 2. The number of aryl methyl sites for hydroxylation is 2. The summed E-state index contributed by atoms with van der Waals surface area (Å²) in [7, 11) is 2.98. The van der Waals surface area contributed by atoms with Gasteiger partial charge in [-0.2, -0.15) is 5.26 Å². The second-order valence-electron chi connectivity index (χ2n) is 7.87. The monoisotopic (exact) mass is 485 g/mol. The maximum Gasteiger partial charge on any atom is 0.266 e. The third-order valence-electron chi connectivity index (χ3n) is 5.37. The van der Waals surface area contributed by atoms with Crippen LogP contribution >= 0.6 is 0 Å². The molecule has 0 atom stereocenters. The first-order valence-electron chi connectivity index (χ1n) is 11.1. The van der Waals surface area contributed by atoms with Gasteiger partial charge in [0, 0.05) is 5.69 Å². The number of nitriles is 1. The minimum Gasteiger partial charge on any atom is -0.495 e. The standard InChI is InChI=1S/C28H27N3O5/c1-18-9-11-22(13-19(18)2)30-28(33)21(16-29)14-20-10-12-25(26(15-20)35-4)36-17-27(32)31-23-7-5-6-8-24(23)34-3/h5-15H,17H2,1-4H3,(H,30,33)(H,31,32)/b21-14-. The zero-order valence-electron chi connectivity index (χ0n) is 20.5. The van der Waals surface area contributed by atoms with E-state index in [0.717, 1.165) is 11.1 Å². The molecule has 0 unspecified atom stereocenters. The van der Waals surface area contributed by atoms with Crippen molar-refractivity contribution in [1.82, 2.24) is 0 Å². The van der Waals surface area contributed by atoms with Crippen LogP contribution in [0.25, 0.3) is 6.08 Å². The fourth-order valence-electron chi connectivity index (χ4n) is 3.30. The van der Waals surface area contributed by atoms with E-state index in [1.54, 1.807) is 48.5 Å². The van der Waals surface area contributed by atoms with Gasteiger partial charge < -0.3 is 24.8 Å². The number of anilines is 2. The lowest BCUT2D eigenvalue weighted by atomic mass is 10.1. The van der Waals surface area contributed by atoms with Gasteiger partial charge in [0.1, 0.15) is 17.4 Å². The van der Waals surface area contributed by atoms with E-state index >= 15 is 0 Å². The highest BCUT2D eigenvalue weighted by Gasteiger charge is 2.13. The fourth-order valence-corrected chi connectivity index (χ4v) is 3.30. The van der Waals surface area contributed by atoms with Gasteiger partial charge >= 0.3 is 0 Å². The van der Waals surface area contributed by atoms with Crippen molar-refractivity contribution in [3.8, 4) is 23.3 Å². The van der Waals surface area contributed by atoms with E-state index < -0.39 is 5.91 Å². The van der Waals surface area contributed by atoms with E-state index in [-0.39, 0.29) is 18.1 Å². The number of hydrogen-bond donors (Lipinski definition) is 2. The van der Waals surface area contributed by atoms with Crippen molar-refractivity contribution in [3.63, 3.8) is 0 Å². The third-order valence-corrected chi connectivity index (χ3v) is 5.37. The van der Waals surface area contributed by atoms with Gasteiger partial charge in [0.15, 0.2) is 18.1 Å². The van der Waals surface area contributed by atoms with Crippen LogP contribution in [0.5, 0.6) is 17.2 Å². The van der Waals surface area contributed by atoms with Gasteiger partial charge in [-0.1, -0.05) is 24.3 Å². The number of nitrogens with zero attached hydrogens (tertiary/aromatic N) is 1. The van der Waals surface area contributed by atoms with Gasteiger partial charge in [-0.15, -0.1) is 0 Å². The highest BCUT2D eigenvalue weighted by Crippen LogP contribution is 2.29. The van der Waals surface area contributed by atoms with E-state index in [0.29, 0.717) is 34.2 Å². The molecule has 0 saturated heterocycles. The summed E-state index contributed by atoms with van der Waals surface area (Å²) in [6, 6.07) is 19.4. The molecule has 0 spiro atoms. The first kappa shape index (κ1) is 25.8. The van der Waals surface area contributed by atoms with Gasteiger partial charge in [0.2, 0.25) is 0 Å². The lowest BCUT2D eigenvalue weighted by molar-refractivity contribution is -0.118. The zero-order valence-corrected chi connectivity index (χ0v) is 20.5. The van der Waals surface area contributed by atoms with Crippen LogP contribution in [0.3, 0.4) is 0 Å². The van der Waals surface area contributed by atoms with Crippen LogP contribution in [0.2, 0.25) is 0 Å². The molecule has 0 aliphatic heterocycles. The number of carbonyl (C=O) groups excluding carboxylic acids is 2. The molecule has 3 aromatic rings. The van der Waals surface area contributed by atoms with E-state index in [9.17, 15) is 14.9 Å². The molecular formula is C28H27N3O5. The molecule has 0 fully saturated rings. The molecular weight excluding hydrogens is 458 g/mol. The summed E-state index contributed by atoms with van der Waals surface area (Å²) in [4.78, 5) is 25.0. The Hall–Kier alpha value is -4.77. The second-order valence-corrected chi connectivity index (χ2v) is 7.87. The van der Waals surface area contributed by atoms with Crippen LogP contribution < -0.4 is 24.8 Å². The van der Waals surface area contributed by atoms with Crippen LogP contribution in [0.1, 0.15) is 16.7 Å². The molecule has 0 aromatic heterocycles. The predicted molar refractivity (Wildman–Crippen MR) is 138 cm³/mol.